The molecule has 0 radical (unpaired) electrons. The maximum absolute atomic E-state index is 12.0. The van der Waals surface area contributed by atoms with Crippen LogP contribution in [0.2, 0.25) is 0 Å². The van der Waals surface area contributed by atoms with Crippen molar-refractivity contribution in [1.82, 2.24) is 20.0 Å². The Morgan fingerprint density at radius 1 is 1.32 bits per heavy atom. The molecule has 0 aliphatic carbocycles. The molecular weight excluding hydrogens is 280 g/mol. The highest BCUT2D eigenvalue weighted by molar-refractivity contribution is 5.75. The molecule has 1 amide bonds. The standard InChI is InChI=1S/C16H22N4O2/c21-16(13-20-10-5-7-18-20)17-12-14(15-6-4-11-22-15)19-8-2-1-3-9-19/h4-7,10-11,14H,1-3,8-9,12-13H2,(H,17,21)/t14-/m0/s1. The van der Waals surface area contributed by atoms with E-state index in [1.807, 2.05) is 18.2 Å². The summed E-state index contributed by atoms with van der Waals surface area (Å²) in [5.74, 6) is 0.888. The van der Waals surface area contributed by atoms with Crippen LogP contribution in [0, 0.1) is 0 Å². The molecule has 0 bridgehead atoms. The molecule has 0 unspecified atom stereocenters. The number of amides is 1. The number of carbonyl (C=O) groups is 1. The van der Waals surface area contributed by atoms with Crippen molar-refractivity contribution in [3.8, 4) is 0 Å². The maximum Gasteiger partial charge on any atom is 0.241 e. The smallest absolute Gasteiger partial charge is 0.241 e. The molecule has 2 aromatic rings. The number of furan rings is 1. The topological polar surface area (TPSA) is 63.3 Å². The molecule has 1 atom stereocenters. The third-order valence-electron chi connectivity index (χ3n) is 4.06. The number of nitrogens with zero attached hydrogens (tertiary/aromatic N) is 3. The normalized spacial score (nSPS) is 17.3. The van der Waals surface area contributed by atoms with Gasteiger partial charge in [0.25, 0.3) is 0 Å². The van der Waals surface area contributed by atoms with Crippen LogP contribution in [-0.2, 0) is 11.3 Å². The zero-order chi connectivity index (χ0) is 15.2. The maximum atomic E-state index is 12.0. The highest BCUT2D eigenvalue weighted by Gasteiger charge is 2.24. The van der Waals surface area contributed by atoms with Crippen LogP contribution in [0.15, 0.2) is 41.3 Å². The van der Waals surface area contributed by atoms with Gasteiger partial charge in [0, 0.05) is 18.9 Å². The minimum Gasteiger partial charge on any atom is -0.468 e. The van der Waals surface area contributed by atoms with Crippen LogP contribution in [0.25, 0.3) is 0 Å². The second-order valence-electron chi connectivity index (χ2n) is 5.64. The summed E-state index contributed by atoms with van der Waals surface area (Å²) < 4.78 is 7.20. The highest BCUT2D eigenvalue weighted by Crippen LogP contribution is 2.24. The van der Waals surface area contributed by atoms with Gasteiger partial charge in [-0.2, -0.15) is 5.10 Å². The van der Waals surface area contributed by atoms with Crippen molar-refractivity contribution in [3.05, 3.63) is 42.6 Å². The Morgan fingerprint density at radius 2 is 2.18 bits per heavy atom. The van der Waals surface area contributed by atoms with Crippen LogP contribution < -0.4 is 5.32 Å². The van der Waals surface area contributed by atoms with Crippen molar-refractivity contribution in [1.29, 1.82) is 0 Å². The fraction of sp³-hybridized carbons (Fsp3) is 0.500. The van der Waals surface area contributed by atoms with Crippen LogP contribution in [-0.4, -0.2) is 40.2 Å². The quantitative estimate of drug-likeness (QED) is 0.884. The Morgan fingerprint density at radius 3 is 2.86 bits per heavy atom. The lowest BCUT2D eigenvalue weighted by atomic mass is 10.1. The fourth-order valence-corrected chi connectivity index (χ4v) is 2.93. The summed E-state index contributed by atoms with van der Waals surface area (Å²) in [6.45, 7) is 2.92. The summed E-state index contributed by atoms with van der Waals surface area (Å²) in [5.41, 5.74) is 0. The number of rotatable bonds is 6. The summed E-state index contributed by atoms with van der Waals surface area (Å²) in [5, 5.41) is 7.06. The summed E-state index contributed by atoms with van der Waals surface area (Å²) in [6.07, 6.45) is 8.85. The van der Waals surface area contributed by atoms with E-state index in [-0.39, 0.29) is 18.5 Å². The Kier molecular flexibility index (Phi) is 4.90. The van der Waals surface area contributed by atoms with Crippen molar-refractivity contribution in [2.45, 2.75) is 31.8 Å². The van der Waals surface area contributed by atoms with E-state index in [0.29, 0.717) is 6.54 Å². The van der Waals surface area contributed by atoms with E-state index in [1.54, 1.807) is 23.3 Å². The fourth-order valence-electron chi connectivity index (χ4n) is 2.93. The molecule has 3 heterocycles. The van der Waals surface area contributed by atoms with Gasteiger partial charge < -0.3 is 9.73 Å². The van der Waals surface area contributed by atoms with Gasteiger partial charge in [-0.1, -0.05) is 6.42 Å². The van der Waals surface area contributed by atoms with E-state index in [0.717, 1.165) is 18.8 Å². The molecule has 1 aliphatic heterocycles. The summed E-state index contributed by atoms with van der Waals surface area (Å²) in [4.78, 5) is 14.4. The molecule has 1 aliphatic rings. The molecular formula is C16H22N4O2. The molecule has 22 heavy (non-hydrogen) atoms. The van der Waals surface area contributed by atoms with Gasteiger partial charge in [0.1, 0.15) is 12.3 Å². The zero-order valence-electron chi connectivity index (χ0n) is 12.6. The molecule has 6 heteroatoms. The number of hydrogen-bond acceptors (Lipinski definition) is 4. The van der Waals surface area contributed by atoms with Gasteiger partial charge in [-0.3, -0.25) is 14.4 Å². The van der Waals surface area contributed by atoms with Gasteiger partial charge in [0.05, 0.1) is 12.3 Å². The van der Waals surface area contributed by atoms with Crippen LogP contribution in [0.3, 0.4) is 0 Å². The number of hydrogen-bond donors (Lipinski definition) is 1. The zero-order valence-corrected chi connectivity index (χ0v) is 12.6. The number of likely N-dealkylation sites (tertiary alicyclic amines) is 1. The largest absolute Gasteiger partial charge is 0.468 e. The second kappa shape index (κ2) is 7.26. The first-order chi connectivity index (χ1) is 10.8. The van der Waals surface area contributed by atoms with Crippen molar-refractivity contribution in [2.75, 3.05) is 19.6 Å². The van der Waals surface area contributed by atoms with Crippen LogP contribution >= 0.6 is 0 Å². The molecule has 0 aromatic carbocycles. The molecule has 118 valence electrons. The summed E-state index contributed by atoms with van der Waals surface area (Å²) in [6, 6.07) is 5.81. The SMILES string of the molecule is O=C(Cn1cccn1)NC[C@@H](c1ccco1)N1CCCCC1. The van der Waals surface area contributed by atoms with Gasteiger partial charge in [0.15, 0.2) is 0 Å². The van der Waals surface area contributed by atoms with Gasteiger partial charge in [-0.15, -0.1) is 0 Å². The number of carbonyl (C=O) groups excluding carboxylic acids is 1. The molecule has 0 spiro atoms. The van der Waals surface area contributed by atoms with E-state index in [4.69, 9.17) is 4.42 Å². The lowest BCUT2D eigenvalue weighted by molar-refractivity contribution is -0.122. The van der Waals surface area contributed by atoms with E-state index >= 15 is 0 Å². The molecule has 1 fully saturated rings. The average Bonchev–Trinajstić information content (AvgIpc) is 3.22. The average molecular weight is 302 g/mol. The monoisotopic (exact) mass is 302 g/mol. The van der Waals surface area contributed by atoms with Crippen molar-refractivity contribution in [2.24, 2.45) is 0 Å². The van der Waals surface area contributed by atoms with E-state index in [1.165, 1.54) is 19.3 Å². The lowest BCUT2D eigenvalue weighted by Crippen LogP contribution is -2.41. The van der Waals surface area contributed by atoms with Gasteiger partial charge >= 0.3 is 0 Å². The summed E-state index contributed by atoms with van der Waals surface area (Å²) in [7, 11) is 0. The van der Waals surface area contributed by atoms with Crippen LogP contribution in [0.5, 0.6) is 0 Å². The Labute approximate surface area is 130 Å². The van der Waals surface area contributed by atoms with E-state index in [2.05, 4.69) is 15.3 Å². The van der Waals surface area contributed by atoms with Crippen molar-refractivity contribution in [3.63, 3.8) is 0 Å². The van der Waals surface area contributed by atoms with Gasteiger partial charge in [0.2, 0.25) is 5.91 Å². The van der Waals surface area contributed by atoms with E-state index < -0.39 is 0 Å². The molecule has 2 aromatic heterocycles. The third-order valence-corrected chi connectivity index (χ3v) is 4.06. The number of nitrogens with one attached hydrogen (secondary N) is 1. The minimum atomic E-state index is -0.0303. The predicted molar refractivity (Wildman–Crippen MR) is 82.1 cm³/mol. The first-order valence-corrected chi connectivity index (χ1v) is 7.84. The van der Waals surface area contributed by atoms with Crippen molar-refractivity contribution < 1.29 is 9.21 Å². The Hall–Kier alpha value is -2.08. The first-order valence-electron chi connectivity index (χ1n) is 7.84. The molecule has 1 saturated heterocycles. The van der Waals surface area contributed by atoms with Crippen LogP contribution in [0.4, 0.5) is 0 Å². The molecule has 1 N–H and O–H groups in total. The van der Waals surface area contributed by atoms with Crippen LogP contribution in [0.1, 0.15) is 31.1 Å². The first kappa shape index (κ1) is 14.8. The highest BCUT2D eigenvalue weighted by atomic mass is 16.3. The minimum absolute atomic E-state index is 0.0303. The predicted octanol–water partition coefficient (Wildman–Crippen LogP) is 1.82. The van der Waals surface area contributed by atoms with E-state index in [9.17, 15) is 4.79 Å². The number of aromatic nitrogens is 2. The van der Waals surface area contributed by atoms with Crippen molar-refractivity contribution >= 4 is 5.91 Å². The van der Waals surface area contributed by atoms with Gasteiger partial charge in [-0.05, 0) is 44.1 Å². The summed E-state index contributed by atoms with van der Waals surface area (Å²) >= 11 is 0. The molecule has 0 saturated carbocycles. The molecule has 3 rings (SSSR count). The number of piperidine rings is 1. The third kappa shape index (κ3) is 3.76. The Balaban J connectivity index is 1.59. The second-order valence-corrected chi connectivity index (χ2v) is 5.64. The van der Waals surface area contributed by atoms with Gasteiger partial charge in [-0.25, -0.2) is 0 Å². The lowest BCUT2D eigenvalue weighted by Gasteiger charge is -2.33. The Bertz CT molecular complexity index is 559. The molecule has 6 nitrogen and oxygen atoms in total.